The van der Waals surface area contributed by atoms with E-state index in [9.17, 15) is 4.79 Å². The first kappa shape index (κ1) is 13.6. The molecule has 1 aromatic heterocycles. The van der Waals surface area contributed by atoms with E-state index in [2.05, 4.69) is 4.98 Å². The first-order chi connectivity index (χ1) is 9.68. The molecular weight excluding hydrogens is 293 g/mol. The number of fused-ring (bicyclic) bond motifs is 1. The topological polar surface area (TPSA) is 30.0 Å². The van der Waals surface area contributed by atoms with Crippen molar-refractivity contribution in [3.63, 3.8) is 0 Å². The zero-order valence-electron chi connectivity index (χ0n) is 10.8. The molecule has 0 N–H and O–H groups in total. The summed E-state index contributed by atoms with van der Waals surface area (Å²) >= 11 is 12.2. The molecule has 1 unspecified atom stereocenters. The van der Waals surface area contributed by atoms with Crippen molar-refractivity contribution in [1.29, 1.82) is 0 Å². The van der Waals surface area contributed by atoms with Crippen LogP contribution in [0.15, 0.2) is 36.5 Å². The number of ketones is 1. The average molecular weight is 306 g/mol. The lowest BCUT2D eigenvalue weighted by Gasteiger charge is -2.23. The van der Waals surface area contributed by atoms with Crippen molar-refractivity contribution in [3.8, 4) is 0 Å². The number of benzene rings is 1. The van der Waals surface area contributed by atoms with Gasteiger partial charge in [0.05, 0.1) is 21.7 Å². The Kier molecular flexibility index (Phi) is 3.77. The number of carbonyl (C=O) groups excluding carboxylic acids is 1. The van der Waals surface area contributed by atoms with E-state index in [1.807, 2.05) is 12.1 Å². The van der Waals surface area contributed by atoms with Crippen molar-refractivity contribution < 1.29 is 4.79 Å². The van der Waals surface area contributed by atoms with Crippen LogP contribution in [0, 0.1) is 0 Å². The smallest absolute Gasteiger partial charge is 0.173 e. The summed E-state index contributed by atoms with van der Waals surface area (Å²) in [6.07, 6.45) is 4.53. The summed E-state index contributed by atoms with van der Waals surface area (Å²) in [7, 11) is 0. The van der Waals surface area contributed by atoms with Crippen LogP contribution in [-0.4, -0.2) is 10.8 Å². The highest BCUT2D eigenvalue weighted by molar-refractivity contribution is 6.44. The Bertz CT molecular complexity index is 669. The van der Waals surface area contributed by atoms with Crippen LogP contribution in [0.2, 0.25) is 10.0 Å². The molecule has 1 aliphatic carbocycles. The quantitative estimate of drug-likeness (QED) is 0.753. The van der Waals surface area contributed by atoms with E-state index in [4.69, 9.17) is 23.2 Å². The maximum absolute atomic E-state index is 12.8. The maximum Gasteiger partial charge on any atom is 0.173 e. The molecule has 1 atom stereocenters. The van der Waals surface area contributed by atoms with Crippen molar-refractivity contribution in [1.82, 2.24) is 4.98 Å². The van der Waals surface area contributed by atoms with E-state index in [0.717, 1.165) is 30.5 Å². The number of aromatic nitrogens is 1. The van der Waals surface area contributed by atoms with Gasteiger partial charge in [0.25, 0.3) is 0 Å². The van der Waals surface area contributed by atoms with Crippen molar-refractivity contribution in [2.45, 2.75) is 25.2 Å². The van der Waals surface area contributed by atoms with E-state index in [0.29, 0.717) is 15.6 Å². The number of aryl methyl sites for hydroxylation is 1. The van der Waals surface area contributed by atoms with Gasteiger partial charge < -0.3 is 0 Å². The lowest BCUT2D eigenvalue weighted by molar-refractivity contribution is 0.0949. The molecule has 0 saturated carbocycles. The van der Waals surface area contributed by atoms with Crippen molar-refractivity contribution in [2.24, 2.45) is 0 Å². The summed E-state index contributed by atoms with van der Waals surface area (Å²) in [5.41, 5.74) is 2.54. The number of hydrogen-bond donors (Lipinski definition) is 0. The van der Waals surface area contributed by atoms with Gasteiger partial charge in [-0.05, 0) is 43.0 Å². The first-order valence-corrected chi connectivity index (χ1v) is 7.36. The SMILES string of the molecule is O=C(c1cccc(Cl)c1Cl)C1CCCc2cccnc21. The molecule has 0 radical (unpaired) electrons. The number of pyridine rings is 1. The molecule has 2 nitrogen and oxygen atoms in total. The van der Waals surface area contributed by atoms with Gasteiger partial charge in [0.1, 0.15) is 0 Å². The third kappa shape index (κ3) is 2.34. The second-order valence-corrected chi connectivity index (χ2v) is 5.74. The molecule has 102 valence electrons. The van der Waals surface area contributed by atoms with E-state index in [-0.39, 0.29) is 11.7 Å². The lowest BCUT2D eigenvalue weighted by Crippen LogP contribution is -2.20. The Morgan fingerprint density at radius 2 is 2.05 bits per heavy atom. The van der Waals surface area contributed by atoms with Gasteiger partial charge in [-0.15, -0.1) is 0 Å². The maximum atomic E-state index is 12.8. The molecule has 0 spiro atoms. The second-order valence-electron chi connectivity index (χ2n) is 4.96. The average Bonchev–Trinajstić information content (AvgIpc) is 2.49. The van der Waals surface area contributed by atoms with Gasteiger partial charge in [-0.3, -0.25) is 9.78 Å². The third-order valence-electron chi connectivity index (χ3n) is 3.73. The van der Waals surface area contributed by atoms with E-state index in [1.165, 1.54) is 0 Å². The molecule has 0 fully saturated rings. The van der Waals surface area contributed by atoms with Gasteiger partial charge in [0.2, 0.25) is 0 Å². The molecule has 3 rings (SSSR count). The number of halogens is 2. The minimum atomic E-state index is -0.212. The molecule has 0 aliphatic heterocycles. The van der Waals surface area contributed by atoms with E-state index < -0.39 is 0 Å². The molecule has 0 bridgehead atoms. The minimum Gasteiger partial charge on any atom is -0.293 e. The molecule has 1 aliphatic rings. The molecule has 1 heterocycles. The first-order valence-electron chi connectivity index (χ1n) is 6.60. The summed E-state index contributed by atoms with van der Waals surface area (Å²) in [6.45, 7) is 0. The van der Waals surface area contributed by atoms with Gasteiger partial charge in [-0.1, -0.05) is 35.3 Å². The molecule has 4 heteroatoms. The van der Waals surface area contributed by atoms with Gasteiger partial charge in [-0.25, -0.2) is 0 Å². The minimum absolute atomic E-state index is 0.0113. The van der Waals surface area contributed by atoms with E-state index >= 15 is 0 Å². The molecular formula is C16H13Cl2NO. The monoisotopic (exact) mass is 305 g/mol. The summed E-state index contributed by atoms with van der Waals surface area (Å²) in [6, 6.07) is 9.13. The fourth-order valence-electron chi connectivity index (χ4n) is 2.75. The van der Waals surface area contributed by atoms with Gasteiger partial charge in [-0.2, -0.15) is 0 Å². The molecule has 20 heavy (non-hydrogen) atoms. The van der Waals surface area contributed by atoms with Crippen LogP contribution in [0.25, 0.3) is 0 Å². The van der Waals surface area contributed by atoms with E-state index in [1.54, 1.807) is 24.4 Å². The normalized spacial score (nSPS) is 17.6. The highest BCUT2D eigenvalue weighted by Gasteiger charge is 2.29. The van der Waals surface area contributed by atoms with Crippen molar-refractivity contribution >= 4 is 29.0 Å². The zero-order chi connectivity index (χ0) is 14.1. The number of nitrogens with zero attached hydrogens (tertiary/aromatic N) is 1. The fraction of sp³-hybridized carbons (Fsp3) is 0.250. The van der Waals surface area contributed by atoms with Gasteiger partial charge >= 0.3 is 0 Å². The summed E-state index contributed by atoms with van der Waals surface area (Å²) in [5, 5.41) is 0.747. The Balaban J connectivity index is 2.02. The van der Waals surface area contributed by atoms with Crippen LogP contribution in [0.4, 0.5) is 0 Å². The lowest BCUT2D eigenvalue weighted by atomic mass is 9.82. The summed E-state index contributed by atoms with van der Waals surface area (Å²) in [4.78, 5) is 17.2. The van der Waals surface area contributed by atoms with Crippen LogP contribution in [-0.2, 0) is 6.42 Å². The highest BCUT2D eigenvalue weighted by atomic mass is 35.5. The number of carbonyl (C=O) groups is 1. The predicted octanol–water partition coefficient (Wildman–Crippen LogP) is 4.69. The third-order valence-corrected chi connectivity index (χ3v) is 4.55. The largest absolute Gasteiger partial charge is 0.293 e. The highest BCUT2D eigenvalue weighted by Crippen LogP contribution is 2.35. The zero-order valence-corrected chi connectivity index (χ0v) is 12.3. The van der Waals surface area contributed by atoms with Crippen molar-refractivity contribution in [2.75, 3.05) is 0 Å². The Morgan fingerprint density at radius 3 is 2.90 bits per heavy atom. The number of rotatable bonds is 2. The molecule has 2 aromatic rings. The van der Waals surface area contributed by atoms with Gasteiger partial charge in [0.15, 0.2) is 5.78 Å². The molecule has 0 amide bonds. The van der Waals surface area contributed by atoms with Crippen LogP contribution in [0.5, 0.6) is 0 Å². The summed E-state index contributed by atoms with van der Waals surface area (Å²) < 4.78 is 0. The van der Waals surface area contributed by atoms with Crippen molar-refractivity contribution in [3.05, 3.63) is 63.4 Å². The molecule has 1 aromatic carbocycles. The summed E-state index contributed by atoms with van der Waals surface area (Å²) in [5.74, 6) is -0.201. The van der Waals surface area contributed by atoms with Crippen LogP contribution >= 0.6 is 23.2 Å². The van der Waals surface area contributed by atoms with Crippen LogP contribution in [0.3, 0.4) is 0 Å². The van der Waals surface area contributed by atoms with Gasteiger partial charge in [0, 0.05) is 11.8 Å². The fourth-order valence-corrected chi connectivity index (χ4v) is 3.14. The van der Waals surface area contributed by atoms with Crippen LogP contribution in [0.1, 0.15) is 40.4 Å². The Morgan fingerprint density at radius 1 is 1.20 bits per heavy atom. The second kappa shape index (κ2) is 5.55. The standard InChI is InChI=1S/C16H13Cl2NO/c17-13-8-2-6-11(14(13)18)16(20)12-7-1-4-10-5-3-9-19-15(10)12/h2-3,5-6,8-9,12H,1,4,7H2. The number of Topliss-reactive ketones (excluding diaryl/α,β-unsaturated/α-hetero) is 1. The number of hydrogen-bond acceptors (Lipinski definition) is 2. The Labute approximate surface area is 127 Å². The van der Waals surface area contributed by atoms with Crippen LogP contribution < -0.4 is 0 Å². The molecule has 0 saturated heterocycles. The predicted molar refractivity (Wildman–Crippen MR) is 80.7 cm³/mol. The Hall–Kier alpha value is -1.38.